The predicted molar refractivity (Wildman–Crippen MR) is 204 cm³/mol. The Morgan fingerprint density at radius 3 is 1.22 bits per heavy atom. The van der Waals surface area contributed by atoms with Gasteiger partial charge in [-0.3, -0.25) is 0 Å². The first-order chi connectivity index (χ1) is 25.1. The van der Waals surface area contributed by atoms with E-state index in [1.165, 1.54) is 0 Å². The Morgan fingerprint density at radius 1 is 0.294 bits per heavy atom. The maximum Gasteiger partial charge on any atom is 0.0991 e. The van der Waals surface area contributed by atoms with Gasteiger partial charge >= 0.3 is 0 Å². The summed E-state index contributed by atoms with van der Waals surface area (Å²) in [5.41, 5.74) is 11.0. The van der Waals surface area contributed by atoms with Crippen molar-refractivity contribution in [3.05, 3.63) is 162 Å². The van der Waals surface area contributed by atoms with E-state index in [1.807, 2.05) is 60.7 Å². The van der Waals surface area contributed by atoms with Gasteiger partial charge < -0.3 is 13.7 Å². The minimum Gasteiger partial charge on any atom is -0.309 e. The fourth-order valence-electron chi connectivity index (χ4n) is 7.90. The van der Waals surface area contributed by atoms with Crippen molar-refractivity contribution >= 4 is 65.4 Å². The molecule has 6 nitrogen and oxygen atoms in total. The van der Waals surface area contributed by atoms with E-state index in [2.05, 4.69) is 117 Å². The Kier molecular flexibility index (Phi) is 5.97. The molecule has 0 fully saturated rings. The molecule has 0 bridgehead atoms. The summed E-state index contributed by atoms with van der Waals surface area (Å²) in [6.07, 6.45) is 0. The SMILES string of the molecule is N#Cc1ccc2c(c1)c1cc(C#N)ccc1n2-c1cccc(-n2c3ccccc3c3cc4c(cc32)c2cc(C#N)ccc2n4-c2ccccc2)c1. The van der Waals surface area contributed by atoms with Crippen molar-refractivity contribution in [2.24, 2.45) is 0 Å². The van der Waals surface area contributed by atoms with Gasteiger partial charge in [0.1, 0.15) is 0 Å². The molecule has 234 valence electrons. The number of para-hydroxylation sites is 2. The Bertz CT molecular complexity index is 3150. The van der Waals surface area contributed by atoms with E-state index in [4.69, 9.17) is 0 Å². The Hall–Kier alpha value is -7.59. The number of aromatic nitrogens is 3. The fourth-order valence-corrected chi connectivity index (χ4v) is 7.90. The van der Waals surface area contributed by atoms with Gasteiger partial charge in [0.2, 0.25) is 0 Å². The molecule has 0 radical (unpaired) electrons. The van der Waals surface area contributed by atoms with Crippen LogP contribution >= 0.6 is 0 Å². The fraction of sp³-hybridized carbons (Fsp3) is 0. The molecule has 0 saturated carbocycles. The Labute approximate surface area is 291 Å². The first-order valence-corrected chi connectivity index (χ1v) is 16.6. The minimum atomic E-state index is 0.574. The zero-order valence-electron chi connectivity index (χ0n) is 27.0. The molecule has 7 aromatic carbocycles. The minimum absolute atomic E-state index is 0.574. The van der Waals surface area contributed by atoms with Gasteiger partial charge in [0, 0.05) is 49.4 Å². The van der Waals surface area contributed by atoms with E-state index in [0.717, 1.165) is 82.5 Å². The van der Waals surface area contributed by atoms with Crippen LogP contribution < -0.4 is 0 Å². The van der Waals surface area contributed by atoms with Crippen molar-refractivity contribution in [2.75, 3.05) is 0 Å². The molecule has 3 aromatic heterocycles. The molecule has 0 aliphatic heterocycles. The third-order valence-electron chi connectivity index (χ3n) is 10.1. The highest BCUT2D eigenvalue weighted by Crippen LogP contribution is 2.41. The van der Waals surface area contributed by atoms with Crippen molar-refractivity contribution < 1.29 is 0 Å². The van der Waals surface area contributed by atoms with Crippen molar-refractivity contribution in [2.45, 2.75) is 0 Å². The molecule has 0 aliphatic rings. The van der Waals surface area contributed by atoms with Gasteiger partial charge in [-0.15, -0.1) is 0 Å². The van der Waals surface area contributed by atoms with Gasteiger partial charge in [0.15, 0.2) is 0 Å². The lowest BCUT2D eigenvalue weighted by Gasteiger charge is -2.13. The maximum absolute atomic E-state index is 9.85. The first kappa shape index (κ1) is 28.4. The summed E-state index contributed by atoms with van der Waals surface area (Å²) >= 11 is 0. The predicted octanol–water partition coefficient (Wildman–Crippen LogP) is 10.6. The standard InChI is InChI=1S/C45H24N6/c46-25-28-14-17-42-35(19-28)36-20-29(26-47)15-18-43(36)50(42)32-9-6-10-33(22-32)51-40-12-5-4-11-34(40)38-23-45-39(24-44(38)51)37-21-30(27-48)13-16-41(37)49(45)31-7-2-1-3-8-31/h1-24H. The molecule has 0 N–H and O–H groups in total. The Morgan fingerprint density at radius 2 is 0.686 bits per heavy atom. The van der Waals surface area contributed by atoms with Gasteiger partial charge in [-0.1, -0.05) is 42.5 Å². The van der Waals surface area contributed by atoms with Crippen LogP contribution in [-0.2, 0) is 0 Å². The first-order valence-electron chi connectivity index (χ1n) is 16.6. The monoisotopic (exact) mass is 648 g/mol. The molecule has 6 heteroatoms. The van der Waals surface area contributed by atoms with Crippen LogP contribution in [0.2, 0.25) is 0 Å². The van der Waals surface area contributed by atoms with Crippen LogP contribution in [0.5, 0.6) is 0 Å². The average molecular weight is 649 g/mol. The molecule has 0 saturated heterocycles. The van der Waals surface area contributed by atoms with Gasteiger partial charge in [-0.2, -0.15) is 15.8 Å². The summed E-state index contributed by atoms with van der Waals surface area (Å²) in [6, 6.07) is 56.2. The highest BCUT2D eigenvalue weighted by molar-refractivity contribution is 6.19. The van der Waals surface area contributed by atoms with Gasteiger partial charge in [0.05, 0.1) is 68.0 Å². The number of benzene rings is 7. The van der Waals surface area contributed by atoms with E-state index < -0.39 is 0 Å². The largest absolute Gasteiger partial charge is 0.309 e. The van der Waals surface area contributed by atoms with Crippen LogP contribution in [0.4, 0.5) is 0 Å². The molecule has 0 atom stereocenters. The van der Waals surface area contributed by atoms with E-state index in [1.54, 1.807) is 0 Å². The van der Waals surface area contributed by atoms with Crippen molar-refractivity contribution in [3.63, 3.8) is 0 Å². The number of rotatable bonds is 3. The quantitative estimate of drug-likeness (QED) is 0.191. The molecule has 0 amide bonds. The molecule has 0 aliphatic carbocycles. The summed E-state index contributed by atoms with van der Waals surface area (Å²) in [5, 5.41) is 35.5. The summed E-state index contributed by atoms with van der Waals surface area (Å²) in [5.74, 6) is 0. The van der Waals surface area contributed by atoms with E-state index in [9.17, 15) is 15.8 Å². The van der Waals surface area contributed by atoms with Crippen LogP contribution in [0.3, 0.4) is 0 Å². The summed E-state index contributed by atoms with van der Waals surface area (Å²) in [6.45, 7) is 0. The second-order valence-electron chi connectivity index (χ2n) is 12.8. The van der Waals surface area contributed by atoms with Gasteiger partial charge in [-0.05, 0) is 103 Å². The Balaban J connectivity index is 1.28. The van der Waals surface area contributed by atoms with Crippen LogP contribution in [0.25, 0.3) is 82.5 Å². The smallest absolute Gasteiger partial charge is 0.0991 e. The second-order valence-corrected chi connectivity index (χ2v) is 12.8. The van der Waals surface area contributed by atoms with E-state index in [-0.39, 0.29) is 0 Å². The highest BCUT2D eigenvalue weighted by Gasteiger charge is 2.20. The summed E-state index contributed by atoms with van der Waals surface area (Å²) in [4.78, 5) is 0. The topological polar surface area (TPSA) is 86.2 Å². The van der Waals surface area contributed by atoms with E-state index in [0.29, 0.717) is 16.7 Å². The maximum atomic E-state index is 9.85. The normalized spacial score (nSPS) is 11.5. The van der Waals surface area contributed by atoms with Crippen molar-refractivity contribution in [1.82, 2.24) is 13.7 Å². The molecule has 0 unspecified atom stereocenters. The van der Waals surface area contributed by atoms with Gasteiger partial charge in [0.25, 0.3) is 0 Å². The molecule has 0 spiro atoms. The molecular weight excluding hydrogens is 625 g/mol. The zero-order valence-corrected chi connectivity index (χ0v) is 27.0. The zero-order chi connectivity index (χ0) is 34.2. The lowest BCUT2D eigenvalue weighted by atomic mass is 10.1. The number of hydrogen-bond donors (Lipinski definition) is 0. The number of fused-ring (bicyclic) bond motifs is 9. The average Bonchev–Trinajstić information content (AvgIpc) is 3.81. The molecular formula is C45H24N6. The van der Waals surface area contributed by atoms with Crippen molar-refractivity contribution in [3.8, 4) is 35.3 Å². The molecule has 3 heterocycles. The lowest BCUT2D eigenvalue weighted by molar-refractivity contribution is 1.13. The lowest BCUT2D eigenvalue weighted by Crippen LogP contribution is -1.98. The third kappa shape index (κ3) is 4.07. The van der Waals surface area contributed by atoms with E-state index >= 15 is 0 Å². The van der Waals surface area contributed by atoms with Crippen LogP contribution in [0.1, 0.15) is 16.7 Å². The van der Waals surface area contributed by atoms with Gasteiger partial charge in [-0.25, -0.2) is 0 Å². The van der Waals surface area contributed by atoms with Crippen LogP contribution in [-0.4, -0.2) is 13.7 Å². The summed E-state index contributed by atoms with van der Waals surface area (Å²) in [7, 11) is 0. The van der Waals surface area contributed by atoms with Crippen molar-refractivity contribution in [1.29, 1.82) is 15.8 Å². The van der Waals surface area contributed by atoms with Crippen LogP contribution in [0, 0.1) is 34.0 Å². The highest BCUT2D eigenvalue weighted by atomic mass is 15.0. The second kappa shape index (κ2) is 10.7. The molecule has 10 aromatic rings. The summed E-state index contributed by atoms with van der Waals surface area (Å²) < 4.78 is 6.82. The van der Waals surface area contributed by atoms with Crippen LogP contribution in [0.15, 0.2) is 146 Å². The number of nitrogens with zero attached hydrogens (tertiary/aromatic N) is 6. The molecule has 10 rings (SSSR count). The third-order valence-corrected chi connectivity index (χ3v) is 10.1. The number of hydrogen-bond acceptors (Lipinski definition) is 3. The molecule has 51 heavy (non-hydrogen) atoms. The number of nitriles is 3.